The summed E-state index contributed by atoms with van der Waals surface area (Å²) in [6, 6.07) is 2.24. The summed E-state index contributed by atoms with van der Waals surface area (Å²) in [5, 5.41) is 5.12. The number of fused-ring (bicyclic) bond motifs is 1. The van der Waals surface area contributed by atoms with Crippen LogP contribution in [0.5, 0.6) is 0 Å². The van der Waals surface area contributed by atoms with Gasteiger partial charge in [-0.1, -0.05) is 20.3 Å². The molecule has 2 unspecified atom stereocenters. The Morgan fingerprint density at radius 1 is 1.33 bits per heavy atom. The second kappa shape index (κ2) is 5.99. The molecule has 4 nitrogen and oxygen atoms in total. The molecule has 2 aliphatic rings. The molecule has 2 fully saturated rings. The van der Waals surface area contributed by atoms with E-state index in [0.717, 1.165) is 24.5 Å². The molecule has 1 saturated carbocycles. The van der Waals surface area contributed by atoms with Gasteiger partial charge in [0.05, 0.1) is 4.90 Å². The van der Waals surface area contributed by atoms with Crippen LogP contribution >= 0.6 is 11.3 Å². The van der Waals surface area contributed by atoms with Gasteiger partial charge in [0.1, 0.15) is 0 Å². The number of sulfonamides is 1. The summed E-state index contributed by atoms with van der Waals surface area (Å²) in [5.74, 6) is 1.20. The molecular formula is C15H24N2O2S2. The van der Waals surface area contributed by atoms with Crippen molar-refractivity contribution in [2.24, 2.45) is 11.8 Å². The zero-order chi connectivity index (χ0) is 15.0. The fourth-order valence-corrected chi connectivity index (χ4v) is 6.20. The first kappa shape index (κ1) is 15.5. The number of hydrogen-bond donors (Lipinski definition) is 1. The summed E-state index contributed by atoms with van der Waals surface area (Å²) in [4.78, 5) is 1.56. The van der Waals surface area contributed by atoms with Gasteiger partial charge in [-0.05, 0) is 30.7 Å². The highest BCUT2D eigenvalue weighted by molar-refractivity contribution is 7.89. The summed E-state index contributed by atoms with van der Waals surface area (Å²) in [6.07, 6.45) is 3.67. The Kier molecular flexibility index (Phi) is 4.41. The molecule has 0 spiro atoms. The Bertz CT molecular complexity index is 583. The van der Waals surface area contributed by atoms with Gasteiger partial charge in [0, 0.05) is 35.9 Å². The van der Waals surface area contributed by atoms with E-state index in [1.165, 1.54) is 30.6 Å². The first-order valence-corrected chi connectivity index (χ1v) is 10.1. The summed E-state index contributed by atoms with van der Waals surface area (Å²) in [5.41, 5.74) is 0. The number of thiophene rings is 1. The maximum Gasteiger partial charge on any atom is 0.243 e. The summed E-state index contributed by atoms with van der Waals surface area (Å²) in [7, 11) is -3.28. The van der Waals surface area contributed by atoms with Crippen molar-refractivity contribution in [3.63, 3.8) is 0 Å². The van der Waals surface area contributed by atoms with Gasteiger partial charge >= 0.3 is 0 Å². The predicted molar refractivity (Wildman–Crippen MR) is 85.9 cm³/mol. The Morgan fingerprint density at radius 2 is 2.00 bits per heavy atom. The Labute approximate surface area is 131 Å². The van der Waals surface area contributed by atoms with Crippen molar-refractivity contribution in [1.29, 1.82) is 0 Å². The fourth-order valence-electron chi connectivity index (χ4n) is 3.43. The van der Waals surface area contributed by atoms with E-state index in [1.807, 2.05) is 6.07 Å². The van der Waals surface area contributed by atoms with Crippen molar-refractivity contribution in [3.8, 4) is 0 Å². The third-order valence-electron chi connectivity index (χ3n) is 4.64. The van der Waals surface area contributed by atoms with Gasteiger partial charge in [-0.15, -0.1) is 11.3 Å². The molecule has 1 aliphatic heterocycles. The van der Waals surface area contributed by atoms with E-state index in [0.29, 0.717) is 22.8 Å². The lowest BCUT2D eigenvalue weighted by Crippen LogP contribution is -2.29. The molecule has 0 amide bonds. The SMILES string of the molecule is CC(C)NCc1cc(S(=O)(=O)N2CC3CCCC3C2)cs1. The molecule has 1 aromatic rings. The van der Waals surface area contributed by atoms with Gasteiger partial charge in [-0.2, -0.15) is 4.31 Å². The smallest absolute Gasteiger partial charge is 0.243 e. The second-order valence-corrected chi connectivity index (χ2v) is 9.49. The Hall–Kier alpha value is -0.430. The minimum absolute atomic E-state index is 0.408. The zero-order valence-electron chi connectivity index (χ0n) is 12.7. The van der Waals surface area contributed by atoms with Crippen molar-refractivity contribution in [2.45, 2.75) is 50.6 Å². The van der Waals surface area contributed by atoms with Gasteiger partial charge in [0.15, 0.2) is 0 Å². The topological polar surface area (TPSA) is 49.4 Å². The fraction of sp³-hybridized carbons (Fsp3) is 0.733. The molecule has 21 heavy (non-hydrogen) atoms. The normalized spacial score (nSPS) is 26.6. The largest absolute Gasteiger partial charge is 0.310 e. The van der Waals surface area contributed by atoms with E-state index < -0.39 is 10.0 Å². The first-order chi connectivity index (χ1) is 9.96. The molecule has 1 aliphatic carbocycles. The van der Waals surface area contributed by atoms with Gasteiger partial charge in [-0.3, -0.25) is 0 Å². The van der Waals surface area contributed by atoms with E-state index in [1.54, 1.807) is 9.69 Å². The van der Waals surface area contributed by atoms with Gasteiger partial charge in [0.25, 0.3) is 0 Å². The zero-order valence-corrected chi connectivity index (χ0v) is 14.3. The molecule has 1 aromatic heterocycles. The molecule has 0 bridgehead atoms. The molecule has 1 N–H and O–H groups in total. The van der Waals surface area contributed by atoms with Crippen LogP contribution in [0, 0.1) is 11.8 Å². The Balaban J connectivity index is 1.70. The molecule has 3 rings (SSSR count). The highest BCUT2D eigenvalue weighted by Gasteiger charge is 2.41. The van der Waals surface area contributed by atoms with Crippen LogP contribution in [0.2, 0.25) is 0 Å². The molecule has 118 valence electrons. The van der Waals surface area contributed by atoms with Crippen molar-refractivity contribution < 1.29 is 8.42 Å². The average Bonchev–Trinajstić information content (AvgIpc) is 3.11. The number of rotatable bonds is 5. The molecule has 2 atom stereocenters. The van der Waals surface area contributed by atoms with Gasteiger partial charge < -0.3 is 5.32 Å². The quantitative estimate of drug-likeness (QED) is 0.904. The van der Waals surface area contributed by atoms with Crippen LogP contribution in [-0.4, -0.2) is 31.9 Å². The molecule has 0 radical (unpaired) electrons. The minimum atomic E-state index is -3.28. The van der Waals surface area contributed by atoms with E-state index in [4.69, 9.17) is 0 Å². The van der Waals surface area contributed by atoms with Gasteiger partial charge in [-0.25, -0.2) is 8.42 Å². The van der Waals surface area contributed by atoms with Crippen molar-refractivity contribution in [1.82, 2.24) is 9.62 Å². The highest BCUT2D eigenvalue weighted by atomic mass is 32.2. The van der Waals surface area contributed by atoms with E-state index in [-0.39, 0.29) is 0 Å². The maximum absolute atomic E-state index is 12.7. The number of nitrogens with one attached hydrogen (secondary N) is 1. The van der Waals surface area contributed by atoms with E-state index in [2.05, 4.69) is 19.2 Å². The van der Waals surface area contributed by atoms with Crippen molar-refractivity contribution in [2.75, 3.05) is 13.1 Å². The molecule has 0 aromatic carbocycles. The van der Waals surface area contributed by atoms with Crippen molar-refractivity contribution in [3.05, 3.63) is 16.3 Å². The lowest BCUT2D eigenvalue weighted by Gasteiger charge is -2.16. The lowest BCUT2D eigenvalue weighted by atomic mass is 10.0. The second-order valence-electron chi connectivity index (χ2n) is 6.56. The average molecular weight is 329 g/mol. The maximum atomic E-state index is 12.7. The molecule has 6 heteroatoms. The molecular weight excluding hydrogens is 304 g/mol. The third-order valence-corrected chi connectivity index (χ3v) is 7.54. The minimum Gasteiger partial charge on any atom is -0.310 e. The van der Waals surface area contributed by atoms with Crippen LogP contribution in [0.25, 0.3) is 0 Å². The van der Waals surface area contributed by atoms with Crippen LogP contribution in [0.1, 0.15) is 38.0 Å². The molecule has 2 heterocycles. The third kappa shape index (κ3) is 3.18. The van der Waals surface area contributed by atoms with Crippen LogP contribution < -0.4 is 5.32 Å². The van der Waals surface area contributed by atoms with E-state index in [9.17, 15) is 8.42 Å². The number of hydrogen-bond acceptors (Lipinski definition) is 4. The first-order valence-electron chi connectivity index (χ1n) is 7.78. The lowest BCUT2D eigenvalue weighted by molar-refractivity contribution is 0.445. The monoisotopic (exact) mass is 328 g/mol. The highest BCUT2D eigenvalue weighted by Crippen LogP contribution is 2.40. The van der Waals surface area contributed by atoms with Gasteiger partial charge in [0.2, 0.25) is 10.0 Å². The predicted octanol–water partition coefficient (Wildman–Crippen LogP) is 2.67. The molecule has 1 saturated heterocycles. The van der Waals surface area contributed by atoms with Crippen LogP contribution in [0.15, 0.2) is 16.3 Å². The Morgan fingerprint density at radius 3 is 2.62 bits per heavy atom. The van der Waals surface area contributed by atoms with E-state index >= 15 is 0 Å². The van der Waals surface area contributed by atoms with Crippen LogP contribution in [-0.2, 0) is 16.6 Å². The summed E-state index contributed by atoms with van der Waals surface area (Å²) >= 11 is 1.53. The standard InChI is InChI=1S/C15H24N2O2S2/c1-11(2)16-7-14-6-15(10-20-14)21(18,19)17-8-12-4-3-5-13(12)9-17/h6,10-13,16H,3-5,7-9H2,1-2H3. The van der Waals surface area contributed by atoms with Crippen LogP contribution in [0.4, 0.5) is 0 Å². The van der Waals surface area contributed by atoms with Crippen molar-refractivity contribution >= 4 is 21.4 Å². The summed E-state index contributed by atoms with van der Waals surface area (Å²) < 4.78 is 27.2. The summed E-state index contributed by atoms with van der Waals surface area (Å²) in [6.45, 7) is 6.37. The number of nitrogens with zero attached hydrogens (tertiary/aromatic N) is 1. The van der Waals surface area contributed by atoms with Crippen LogP contribution in [0.3, 0.4) is 0 Å².